The zero-order valence-corrected chi connectivity index (χ0v) is 9.68. The number of likely N-dealkylation sites (tertiary alicyclic amines) is 1. The van der Waals surface area contributed by atoms with Crippen molar-refractivity contribution in [2.24, 2.45) is 0 Å². The molecule has 1 rings (SSSR count). The first-order valence-electron chi connectivity index (χ1n) is 5.79. The van der Waals surface area contributed by atoms with Crippen LogP contribution in [0.4, 0.5) is 0 Å². The van der Waals surface area contributed by atoms with Crippen molar-refractivity contribution in [2.75, 3.05) is 26.2 Å². The summed E-state index contributed by atoms with van der Waals surface area (Å²) < 4.78 is 0. The lowest BCUT2D eigenvalue weighted by Gasteiger charge is -2.23. The molecule has 0 amide bonds. The van der Waals surface area contributed by atoms with Crippen molar-refractivity contribution in [3.05, 3.63) is 12.2 Å². The maximum Gasteiger partial charge on any atom is 0.0192 e. The lowest BCUT2D eigenvalue weighted by Crippen LogP contribution is -2.38. The van der Waals surface area contributed by atoms with E-state index in [0.29, 0.717) is 6.04 Å². The number of nitrogens with zero attached hydrogens (tertiary/aromatic N) is 1. The Kier molecular flexibility index (Phi) is 5.20. The van der Waals surface area contributed by atoms with E-state index < -0.39 is 0 Å². The van der Waals surface area contributed by atoms with Crippen LogP contribution in [0.1, 0.15) is 33.1 Å². The minimum Gasteiger partial charge on any atom is -0.315 e. The largest absolute Gasteiger partial charge is 0.315 e. The van der Waals surface area contributed by atoms with Crippen molar-refractivity contribution >= 4 is 0 Å². The van der Waals surface area contributed by atoms with E-state index in [4.69, 9.17) is 0 Å². The molecule has 1 N–H and O–H groups in total. The fourth-order valence-electron chi connectivity index (χ4n) is 1.92. The summed E-state index contributed by atoms with van der Waals surface area (Å²) in [6, 6.07) is 0.697. The van der Waals surface area contributed by atoms with Gasteiger partial charge in [-0.2, -0.15) is 0 Å². The molecule has 14 heavy (non-hydrogen) atoms. The molecular weight excluding hydrogens is 172 g/mol. The van der Waals surface area contributed by atoms with E-state index in [1.807, 2.05) is 0 Å². The Morgan fingerprint density at radius 3 is 2.64 bits per heavy atom. The molecule has 1 fully saturated rings. The highest BCUT2D eigenvalue weighted by atomic mass is 15.2. The Hall–Kier alpha value is -0.340. The third-order valence-corrected chi connectivity index (χ3v) is 2.93. The molecule has 0 bridgehead atoms. The van der Waals surface area contributed by atoms with Crippen molar-refractivity contribution in [2.45, 2.75) is 39.2 Å². The zero-order chi connectivity index (χ0) is 10.4. The SMILES string of the molecule is C=C(C)CCNCC(C)N1CCCC1. The highest BCUT2D eigenvalue weighted by Gasteiger charge is 2.16. The van der Waals surface area contributed by atoms with Crippen LogP contribution < -0.4 is 5.32 Å². The van der Waals surface area contributed by atoms with Gasteiger partial charge in [0.25, 0.3) is 0 Å². The fourth-order valence-corrected chi connectivity index (χ4v) is 1.92. The average molecular weight is 196 g/mol. The van der Waals surface area contributed by atoms with Crippen LogP contribution in [-0.4, -0.2) is 37.1 Å². The molecule has 1 aliphatic rings. The van der Waals surface area contributed by atoms with Crippen molar-refractivity contribution in [1.82, 2.24) is 10.2 Å². The highest BCUT2D eigenvalue weighted by molar-refractivity contribution is 4.88. The summed E-state index contributed by atoms with van der Waals surface area (Å²) in [7, 11) is 0. The number of rotatable bonds is 6. The standard InChI is InChI=1S/C12H24N2/c1-11(2)6-7-13-10-12(3)14-8-4-5-9-14/h12-13H,1,4-10H2,2-3H3. The molecule has 1 atom stereocenters. The highest BCUT2D eigenvalue weighted by Crippen LogP contribution is 2.10. The van der Waals surface area contributed by atoms with Gasteiger partial charge in [-0.15, -0.1) is 6.58 Å². The molecule has 0 saturated carbocycles. The van der Waals surface area contributed by atoms with Crippen LogP contribution >= 0.6 is 0 Å². The van der Waals surface area contributed by atoms with Crippen LogP contribution in [0.3, 0.4) is 0 Å². The summed E-state index contributed by atoms with van der Waals surface area (Å²) in [4.78, 5) is 2.58. The molecule has 1 heterocycles. The Balaban J connectivity index is 2.02. The van der Waals surface area contributed by atoms with Crippen LogP contribution in [0.15, 0.2) is 12.2 Å². The molecule has 82 valence electrons. The summed E-state index contributed by atoms with van der Waals surface area (Å²) in [5.41, 5.74) is 1.27. The third kappa shape index (κ3) is 4.25. The Bertz CT molecular complexity index is 171. The normalized spacial score (nSPS) is 19.9. The van der Waals surface area contributed by atoms with E-state index in [2.05, 4.69) is 30.6 Å². The molecule has 0 aromatic carbocycles. The topological polar surface area (TPSA) is 15.3 Å². The third-order valence-electron chi connectivity index (χ3n) is 2.93. The van der Waals surface area contributed by atoms with Gasteiger partial charge in [0.2, 0.25) is 0 Å². The van der Waals surface area contributed by atoms with Gasteiger partial charge in [0, 0.05) is 12.6 Å². The predicted octanol–water partition coefficient (Wildman–Crippen LogP) is 2.03. The first kappa shape index (κ1) is 11.7. The second-order valence-corrected chi connectivity index (χ2v) is 4.50. The van der Waals surface area contributed by atoms with E-state index in [9.17, 15) is 0 Å². The molecule has 0 aliphatic carbocycles. The summed E-state index contributed by atoms with van der Waals surface area (Å²) in [5, 5.41) is 3.49. The van der Waals surface area contributed by atoms with Crippen LogP contribution in [0, 0.1) is 0 Å². The lowest BCUT2D eigenvalue weighted by atomic mass is 10.2. The fraction of sp³-hybridized carbons (Fsp3) is 0.833. The second-order valence-electron chi connectivity index (χ2n) is 4.50. The average Bonchev–Trinajstić information content (AvgIpc) is 2.64. The van der Waals surface area contributed by atoms with Gasteiger partial charge in [-0.05, 0) is 52.7 Å². The summed E-state index contributed by atoms with van der Waals surface area (Å²) >= 11 is 0. The van der Waals surface area contributed by atoms with Crippen molar-refractivity contribution < 1.29 is 0 Å². The minimum atomic E-state index is 0.697. The van der Waals surface area contributed by atoms with Crippen LogP contribution in [0.5, 0.6) is 0 Å². The molecular formula is C12H24N2. The monoisotopic (exact) mass is 196 g/mol. The Morgan fingerprint density at radius 2 is 2.07 bits per heavy atom. The molecule has 1 unspecified atom stereocenters. The summed E-state index contributed by atoms with van der Waals surface area (Å²) in [6.07, 6.45) is 3.87. The zero-order valence-electron chi connectivity index (χ0n) is 9.68. The van der Waals surface area contributed by atoms with Gasteiger partial charge in [0.05, 0.1) is 0 Å². The Labute approximate surface area is 88.4 Å². The minimum absolute atomic E-state index is 0.697. The van der Waals surface area contributed by atoms with E-state index in [1.165, 1.54) is 31.5 Å². The van der Waals surface area contributed by atoms with Crippen molar-refractivity contribution in [3.63, 3.8) is 0 Å². The van der Waals surface area contributed by atoms with Gasteiger partial charge in [0.1, 0.15) is 0 Å². The van der Waals surface area contributed by atoms with Gasteiger partial charge in [-0.3, -0.25) is 4.90 Å². The molecule has 0 spiro atoms. The summed E-state index contributed by atoms with van der Waals surface area (Å²) in [6.45, 7) is 13.1. The van der Waals surface area contributed by atoms with E-state index in [0.717, 1.165) is 19.5 Å². The molecule has 0 aromatic rings. The van der Waals surface area contributed by atoms with Crippen LogP contribution in [0.25, 0.3) is 0 Å². The smallest absolute Gasteiger partial charge is 0.0192 e. The second kappa shape index (κ2) is 6.20. The molecule has 0 radical (unpaired) electrons. The molecule has 0 aromatic heterocycles. The van der Waals surface area contributed by atoms with Gasteiger partial charge < -0.3 is 5.32 Å². The number of hydrogen-bond donors (Lipinski definition) is 1. The van der Waals surface area contributed by atoms with Crippen LogP contribution in [-0.2, 0) is 0 Å². The quantitative estimate of drug-likeness (QED) is 0.516. The van der Waals surface area contributed by atoms with Crippen molar-refractivity contribution in [3.8, 4) is 0 Å². The van der Waals surface area contributed by atoms with Gasteiger partial charge in [0.15, 0.2) is 0 Å². The summed E-state index contributed by atoms with van der Waals surface area (Å²) in [5.74, 6) is 0. The molecule has 2 nitrogen and oxygen atoms in total. The van der Waals surface area contributed by atoms with Gasteiger partial charge in [-0.25, -0.2) is 0 Å². The number of hydrogen-bond acceptors (Lipinski definition) is 2. The Morgan fingerprint density at radius 1 is 1.43 bits per heavy atom. The van der Waals surface area contributed by atoms with Crippen LogP contribution in [0.2, 0.25) is 0 Å². The van der Waals surface area contributed by atoms with Gasteiger partial charge in [-0.1, -0.05) is 5.57 Å². The van der Waals surface area contributed by atoms with Crippen molar-refractivity contribution in [1.29, 1.82) is 0 Å². The predicted molar refractivity (Wildman–Crippen MR) is 62.6 cm³/mol. The molecule has 1 saturated heterocycles. The van der Waals surface area contributed by atoms with E-state index in [-0.39, 0.29) is 0 Å². The van der Waals surface area contributed by atoms with E-state index >= 15 is 0 Å². The number of nitrogens with one attached hydrogen (secondary N) is 1. The first-order valence-corrected chi connectivity index (χ1v) is 5.79. The van der Waals surface area contributed by atoms with E-state index in [1.54, 1.807) is 0 Å². The maximum atomic E-state index is 3.90. The maximum absolute atomic E-state index is 3.90. The lowest BCUT2D eigenvalue weighted by molar-refractivity contribution is 0.252. The first-order chi connectivity index (χ1) is 6.70. The molecule has 1 aliphatic heterocycles. The van der Waals surface area contributed by atoms with Gasteiger partial charge >= 0.3 is 0 Å². The molecule has 2 heteroatoms.